The van der Waals surface area contributed by atoms with Gasteiger partial charge in [-0.05, 0) is 32.3 Å². The highest BCUT2D eigenvalue weighted by Gasteiger charge is 2.15. The van der Waals surface area contributed by atoms with Gasteiger partial charge < -0.3 is 9.64 Å². The summed E-state index contributed by atoms with van der Waals surface area (Å²) in [6.45, 7) is 12.9. The quantitative estimate of drug-likeness (QED) is 0.356. The predicted molar refractivity (Wildman–Crippen MR) is 88.6 cm³/mol. The van der Waals surface area contributed by atoms with Crippen molar-refractivity contribution in [3.05, 3.63) is 12.7 Å². The number of amides is 1. The lowest BCUT2D eigenvalue weighted by Gasteiger charge is -2.25. The molecular formula is C17H32N2O2. The maximum absolute atomic E-state index is 11.7. The van der Waals surface area contributed by atoms with Crippen molar-refractivity contribution in [2.24, 2.45) is 5.92 Å². The molecule has 0 saturated heterocycles. The molecule has 0 saturated carbocycles. The molecule has 0 rings (SSSR count). The van der Waals surface area contributed by atoms with E-state index in [1.165, 1.54) is 18.9 Å². The third kappa shape index (κ3) is 8.53. The van der Waals surface area contributed by atoms with Crippen LogP contribution in [0, 0.1) is 11.3 Å². The van der Waals surface area contributed by atoms with Crippen LogP contribution in [-0.2, 0) is 9.53 Å². The van der Waals surface area contributed by atoms with Gasteiger partial charge in [-0.25, -0.2) is 0 Å². The summed E-state index contributed by atoms with van der Waals surface area (Å²) in [6.07, 6.45) is 6.43. The largest absolute Gasteiger partial charge is 0.481 e. The Kier molecular flexibility index (Phi) is 10.6. The highest BCUT2D eigenvalue weighted by Crippen LogP contribution is 2.13. The number of nitrogens with zero attached hydrogens (tertiary/aromatic N) is 1. The summed E-state index contributed by atoms with van der Waals surface area (Å²) in [5.41, 5.74) is 0. The summed E-state index contributed by atoms with van der Waals surface area (Å²) >= 11 is 0. The molecule has 1 amide bonds. The highest BCUT2D eigenvalue weighted by molar-refractivity contribution is 5.87. The molecule has 0 aliphatic carbocycles. The molecular weight excluding hydrogens is 264 g/mol. The summed E-state index contributed by atoms with van der Waals surface area (Å²) in [6, 6.07) is 0.108. The molecule has 0 radical (unpaired) electrons. The van der Waals surface area contributed by atoms with Crippen molar-refractivity contribution in [3.63, 3.8) is 0 Å². The SMILES string of the molecule is C=CC(=O)N(CCC(=N)OCC(CC)CCCC)C(C)C. The lowest BCUT2D eigenvalue weighted by Crippen LogP contribution is -2.37. The summed E-state index contributed by atoms with van der Waals surface area (Å²) in [5, 5.41) is 7.88. The molecule has 0 heterocycles. The zero-order chi connectivity index (χ0) is 16.3. The number of ether oxygens (including phenoxy) is 1. The monoisotopic (exact) mass is 296 g/mol. The Labute approximate surface area is 130 Å². The lowest BCUT2D eigenvalue weighted by molar-refractivity contribution is -0.127. The summed E-state index contributed by atoms with van der Waals surface area (Å²) in [4.78, 5) is 13.4. The Morgan fingerprint density at radius 1 is 1.38 bits per heavy atom. The van der Waals surface area contributed by atoms with E-state index in [4.69, 9.17) is 10.1 Å². The van der Waals surface area contributed by atoms with Crippen molar-refractivity contribution in [2.45, 2.75) is 65.8 Å². The molecule has 0 aromatic heterocycles. The van der Waals surface area contributed by atoms with Crippen LogP contribution < -0.4 is 0 Å². The predicted octanol–water partition coefficient (Wildman–Crippen LogP) is 4.01. The Morgan fingerprint density at radius 3 is 2.52 bits per heavy atom. The van der Waals surface area contributed by atoms with E-state index in [0.29, 0.717) is 25.5 Å². The van der Waals surface area contributed by atoms with Crippen molar-refractivity contribution in [3.8, 4) is 0 Å². The van der Waals surface area contributed by atoms with Gasteiger partial charge in [-0.2, -0.15) is 0 Å². The van der Waals surface area contributed by atoms with Crippen molar-refractivity contribution in [2.75, 3.05) is 13.2 Å². The Morgan fingerprint density at radius 2 is 2.05 bits per heavy atom. The number of carbonyl (C=O) groups is 1. The smallest absolute Gasteiger partial charge is 0.246 e. The molecule has 1 unspecified atom stereocenters. The van der Waals surface area contributed by atoms with E-state index in [9.17, 15) is 4.79 Å². The van der Waals surface area contributed by atoms with Gasteiger partial charge in [-0.15, -0.1) is 0 Å². The fraction of sp³-hybridized carbons (Fsp3) is 0.765. The third-order valence-corrected chi connectivity index (χ3v) is 3.70. The highest BCUT2D eigenvalue weighted by atomic mass is 16.5. The van der Waals surface area contributed by atoms with E-state index >= 15 is 0 Å². The zero-order valence-electron chi connectivity index (χ0n) is 14.2. The van der Waals surface area contributed by atoms with Gasteiger partial charge >= 0.3 is 0 Å². The van der Waals surface area contributed by atoms with Crippen LogP contribution in [0.4, 0.5) is 0 Å². The van der Waals surface area contributed by atoms with Gasteiger partial charge in [0.25, 0.3) is 0 Å². The van der Waals surface area contributed by atoms with Crippen LogP contribution in [-0.4, -0.2) is 35.9 Å². The summed E-state index contributed by atoms with van der Waals surface area (Å²) in [7, 11) is 0. The molecule has 0 fully saturated rings. The summed E-state index contributed by atoms with van der Waals surface area (Å²) in [5.74, 6) is 0.709. The van der Waals surface area contributed by atoms with Crippen LogP contribution in [0.15, 0.2) is 12.7 Å². The standard InChI is InChI=1S/C17H32N2O2/c1-6-9-10-15(7-2)13-21-16(18)11-12-19(14(4)5)17(20)8-3/h8,14-15,18H,3,6-7,9-13H2,1-2,4-5H3. The normalized spacial score (nSPS) is 12.0. The minimum atomic E-state index is -0.0906. The first-order chi connectivity index (χ1) is 9.96. The van der Waals surface area contributed by atoms with Crippen LogP contribution in [0.1, 0.15) is 59.8 Å². The molecule has 1 N–H and O–H groups in total. The van der Waals surface area contributed by atoms with Crippen LogP contribution >= 0.6 is 0 Å². The molecule has 1 atom stereocenters. The van der Waals surface area contributed by atoms with Crippen LogP contribution in [0.25, 0.3) is 0 Å². The molecule has 0 aliphatic rings. The number of rotatable bonds is 11. The molecule has 0 aromatic carbocycles. The van der Waals surface area contributed by atoms with Gasteiger partial charge in [-0.1, -0.05) is 39.7 Å². The van der Waals surface area contributed by atoms with E-state index in [-0.39, 0.29) is 17.8 Å². The molecule has 0 aliphatic heterocycles. The average molecular weight is 296 g/mol. The van der Waals surface area contributed by atoms with Crippen LogP contribution in [0.3, 0.4) is 0 Å². The van der Waals surface area contributed by atoms with Crippen molar-refractivity contribution in [1.82, 2.24) is 4.90 Å². The second-order valence-electron chi connectivity index (χ2n) is 5.73. The molecule has 0 aromatic rings. The van der Waals surface area contributed by atoms with Gasteiger partial charge in [0.2, 0.25) is 5.91 Å². The van der Waals surface area contributed by atoms with Gasteiger partial charge in [0.1, 0.15) is 0 Å². The van der Waals surface area contributed by atoms with Crippen molar-refractivity contribution < 1.29 is 9.53 Å². The fourth-order valence-corrected chi connectivity index (χ4v) is 2.15. The van der Waals surface area contributed by atoms with Crippen molar-refractivity contribution in [1.29, 1.82) is 5.41 Å². The maximum atomic E-state index is 11.7. The second kappa shape index (κ2) is 11.4. The van der Waals surface area contributed by atoms with E-state index in [1.807, 2.05) is 13.8 Å². The van der Waals surface area contributed by atoms with Gasteiger partial charge in [0, 0.05) is 19.0 Å². The first kappa shape index (κ1) is 19.7. The topological polar surface area (TPSA) is 53.4 Å². The third-order valence-electron chi connectivity index (χ3n) is 3.70. The Bertz CT molecular complexity index is 327. The second-order valence-corrected chi connectivity index (χ2v) is 5.73. The van der Waals surface area contributed by atoms with Gasteiger partial charge in [0.15, 0.2) is 5.90 Å². The number of hydrogen-bond acceptors (Lipinski definition) is 3. The molecule has 0 spiro atoms. The van der Waals surface area contributed by atoms with E-state index in [2.05, 4.69) is 20.4 Å². The van der Waals surface area contributed by atoms with Gasteiger partial charge in [-0.3, -0.25) is 10.2 Å². The number of nitrogens with one attached hydrogen (secondary N) is 1. The Hall–Kier alpha value is -1.32. The molecule has 122 valence electrons. The number of unbranched alkanes of at least 4 members (excludes halogenated alkanes) is 1. The summed E-state index contributed by atoms with van der Waals surface area (Å²) < 4.78 is 5.56. The molecule has 21 heavy (non-hydrogen) atoms. The first-order valence-corrected chi connectivity index (χ1v) is 8.09. The first-order valence-electron chi connectivity index (χ1n) is 8.09. The van der Waals surface area contributed by atoms with E-state index in [0.717, 1.165) is 12.8 Å². The minimum absolute atomic E-state index is 0.0906. The van der Waals surface area contributed by atoms with E-state index in [1.54, 1.807) is 4.90 Å². The molecule has 0 bridgehead atoms. The fourth-order valence-electron chi connectivity index (χ4n) is 2.15. The number of carbonyl (C=O) groups excluding carboxylic acids is 1. The van der Waals surface area contributed by atoms with Crippen LogP contribution in [0.2, 0.25) is 0 Å². The Balaban J connectivity index is 4.12. The maximum Gasteiger partial charge on any atom is 0.246 e. The van der Waals surface area contributed by atoms with Crippen LogP contribution in [0.5, 0.6) is 0 Å². The molecule has 4 heteroatoms. The van der Waals surface area contributed by atoms with E-state index < -0.39 is 0 Å². The average Bonchev–Trinajstić information content (AvgIpc) is 2.46. The van der Waals surface area contributed by atoms with Gasteiger partial charge in [0.05, 0.1) is 6.61 Å². The zero-order valence-corrected chi connectivity index (χ0v) is 14.2. The lowest BCUT2D eigenvalue weighted by atomic mass is 10.0. The van der Waals surface area contributed by atoms with Crippen molar-refractivity contribution >= 4 is 11.8 Å². The number of hydrogen-bond donors (Lipinski definition) is 1. The molecule has 4 nitrogen and oxygen atoms in total. The minimum Gasteiger partial charge on any atom is -0.481 e.